The zero-order chi connectivity index (χ0) is 14.1. The van der Waals surface area contributed by atoms with Crippen LogP contribution in [-0.4, -0.2) is 24.1 Å². The van der Waals surface area contributed by atoms with E-state index < -0.39 is 0 Å². The molecule has 4 nitrogen and oxygen atoms in total. The van der Waals surface area contributed by atoms with Crippen LogP contribution in [0.1, 0.15) is 58.3 Å². The SMILES string of the molecule is CC1C(CC(=O)OC(=O)C2CCCCC2)CCC2OC21. The second-order valence-electron chi connectivity index (χ2n) is 6.67. The van der Waals surface area contributed by atoms with Crippen molar-refractivity contribution in [3.05, 3.63) is 0 Å². The zero-order valence-corrected chi connectivity index (χ0v) is 12.2. The van der Waals surface area contributed by atoms with Crippen LogP contribution in [-0.2, 0) is 19.1 Å². The van der Waals surface area contributed by atoms with Crippen molar-refractivity contribution < 1.29 is 19.1 Å². The number of esters is 2. The fourth-order valence-electron chi connectivity index (χ4n) is 3.84. The molecule has 1 aliphatic heterocycles. The monoisotopic (exact) mass is 280 g/mol. The van der Waals surface area contributed by atoms with Crippen molar-refractivity contribution in [2.45, 2.75) is 70.5 Å². The predicted molar refractivity (Wildman–Crippen MR) is 72.8 cm³/mol. The minimum atomic E-state index is -0.337. The molecule has 0 amide bonds. The third kappa shape index (κ3) is 3.05. The van der Waals surface area contributed by atoms with Crippen LogP contribution in [0.2, 0.25) is 0 Å². The summed E-state index contributed by atoms with van der Waals surface area (Å²) in [7, 11) is 0. The van der Waals surface area contributed by atoms with E-state index >= 15 is 0 Å². The van der Waals surface area contributed by atoms with E-state index in [1.165, 1.54) is 6.42 Å². The van der Waals surface area contributed by atoms with Crippen LogP contribution in [0.5, 0.6) is 0 Å². The number of carbonyl (C=O) groups excluding carboxylic acids is 2. The lowest BCUT2D eigenvalue weighted by Gasteiger charge is -2.25. The summed E-state index contributed by atoms with van der Waals surface area (Å²) in [5.74, 6) is 0.0411. The molecule has 0 aromatic rings. The minimum Gasteiger partial charge on any atom is -0.393 e. The Kier molecular flexibility index (Phi) is 4.11. The first-order chi connectivity index (χ1) is 9.65. The number of ether oxygens (including phenoxy) is 2. The molecular weight excluding hydrogens is 256 g/mol. The first-order valence-corrected chi connectivity index (χ1v) is 8.05. The van der Waals surface area contributed by atoms with Crippen molar-refractivity contribution in [1.29, 1.82) is 0 Å². The maximum atomic E-state index is 11.9. The average Bonchev–Trinajstić information content (AvgIpc) is 3.23. The highest BCUT2D eigenvalue weighted by atomic mass is 16.6. The molecular formula is C16H24O4. The summed E-state index contributed by atoms with van der Waals surface area (Å²) in [5, 5.41) is 0. The molecule has 4 unspecified atom stereocenters. The topological polar surface area (TPSA) is 55.9 Å². The van der Waals surface area contributed by atoms with Crippen LogP contribution in [0.4, 0.5) is 0 Å². The molecule has 1 saturated heterocycles. The van der Waals surface area contributed by atoms with Gasteiger partial charge in [0.25, 0.3) is 0 Å². The average molecular weight is 280 g/mol. The zero-order valence-electron chi connectivity index (χ0n) is 12.2. The molecule has 1 heterocycles. The van der Waals surface area contributed by atoms with Crippen LogP contribution in [0.3, 0.4) is 0 Å². The van der Waals surface area contributed by atoms with Gasteiger partial charge in [0.2, 0.25) is 0 Å². The first-order valence-electron chi connectivity index (χ1n) is 8.05. The van der Waals surface area contributed by atoms with Gasteiger partial charge in [-0.1, -0.05) is 26.2 Å². The molecule has 0 radical (unpaired) electrons. The highest BCUT2D eigenvalue weighted by Gasteiger charge is 2.49. The van der Waals surface area contributed by atoms with Gasteiger partial charge in [0.05, 0.1) is 18.1 Å². The van der Waals surface area contributed by atoms with Crippen molar-refractivity contribution in [3.8, 4) is 0 Å². The van der Waals surface area contributed by atoms with Crippen LogP contribution >= 0.6 is 0 Å². The summed E-state index contributed by atoms with van der Waals surface area (Å²) in [5.41, 5.74) is 0. The van der Waals surface area contributed by atoms with E-state index in [1.807, 2.05) is 0 Å². The van der Waals surface area contributed by atoms with Crippen molar-refractivity contribution >= 4 is 11.9 Å². The Morgan fingerprint density at radius 1 is 1.10 bits per heavy atom. The maximum Gasteiger partial charge on any atom is 0.316 e. The third-order valence-corrected chi connectivity index (χ3v) is 5.29. The summed E-state index contributed by atoms with van der Waals surface area (Å²) in [6, 6.07) is 0. The number of rotatable bonds is 3. The molecule has 2 aliphatic carbocycles. The van der Waals surface area contributed by atoms with Gasteiger partial charge in [-0.25, -0.2) is 0 Å². The van der Waals surface area contributed by atoms with Crippen LogP contribution < -0.4 is 0 Å². The molecule has 112 valence electrons. The normalized spacial score (nSPS) is 37.0. The van der Waals surface area contributed by atoms with E-state index in [0.717, 1.165) is 38.5 Å². The van der Waals surface area contributed by atoms with Gasteiger partial charge in [-0.15, -0.1) is 0 Å². The minimum absolute atomic E-state index is 0.0485. The van der Waals surface area contributed by atoms with Gasteiger partial charge in [0.1, 0.15) is 0 Å². The van der Waals surface area contributed by atoms with Crippen molar-refractivity contribution in [1.82, 2.24) is 0 Å². The van der Waals surface area contributed by atoms with Gasteiger partial charge >= 0.3 is 11.9 Å². The van der Waals surface area contributed by atoms with E-state index in [-0.39, 0.29) is 17.9 Å². The molecule has 3 aliphatic rings. The maximum absolute atomic E-state index is 11.9. The molecule has 4 heteroatoms. The molecule has 0 aromatic heterocycles. The van der Waals surface area contributed by atoms with E-state index in [4.69, 9.17) is 9.47 Å². The molecule has 3 fully saturated rings. The largest absolute Gasteiger partial charge is 0.393 e. The fraction of sp³-hybridized carbons (Fsp3) is 0.875. The van der Waals surface area contributed by atoms with Crippen molar-refractivity contribution in [2.24, 2.45) is 17.8 Å². The Morgan fingerprint density at radius 3 is 2.60 bits per heavy atom. The van der Waals surface area contributed by atoms with Crippen LogP contribution in [0.25, 0.3) is 0 Å². The second-order valence-corrected chi connectivity index (χ2v) is 6.67. The Labute approximate surface area is 120 Å². The lowest BCUT2D eigenvalue weighted by atomic mass is 9.78. The highest BCUT2D eigenvalue weighted by Crippen LogP contribution is 2.44. The smallest absolute Gasteiger partial charge is 0.316 e. The van der Waals surface area contributed by atoms with Gasteiger partial charge in [-0.3, -0.25) is 9.59 Å². The van der Waals surface area contributed by atoms with Gasteiger partial charge in [-0.2, -0.15) is 0 Å². The molecule has 0 bridgehead atoms. The summed E-state index contributed by atoms with van der Waals surface area (Å²) >= 11 is 0. The summed E-state index contributed by atoms with van der Waals surface area (Å²) < 4.78 is 10.6. The van der Waals surface area contributed by atoms with Crippen molar-refractivity contribution in [2.75, 3.05) is 0 Å². The molecule has 3 rings (SSSR count). The number of carbonyl (C=O) groups is 2. The Bertz CT molecular complexity index is 386. The first kappa shape index (κ1) is 14.1. The van der Waals surface area contributed by atoms with E-state index in [1.54, 1.807) is 0 Å². The summed E-state index contributed by atoms with van der Waals surface area (Å²) in [6.45, 7) is 2.14. The van der Waals surface area contributed by atoms with Gasteiger partial charge in [-0.05, 0) is 37.5 Å². The number of epoxide rings is 1. The summed E-state index contributed by atoms with van der Waals surface area (Å²) in [4.78, 5) is 23.9. The van der Waals surface area contributed by atoms with Crippen LogP contribution in [0, 0.1) is 17.8 Å². The lowest BCUT2D eigenvalue weighted by Crippen LogP contribution is -2.29. The molecule has 4 atom stereocenters. The third-order valence-electron chi connectivity index (χ3n) is 5.29. The van der Waals surface area contributed by atoms with E-state index in [9.17, 15) is 9.59 Å². The Morgan fingerprint density at radius 2 is 1.85 bits per heavy atom. The summed E-state index contributed by atoms with van der Waals surface area (Å²) in [6.07, 6.45) is 8.30. The lowest BCUT2D eigenvalue weighted by molar-refractivity contribution is -0.164. The highest BCUT2D eigenvalue weighted by molar-refractivity contribution is 5.86. The fourth-order valence-corrected chi connectivity index (χ4v) is 3.84. The number of hydrogen-bond acceptors (Lipinski definition) is 4. The molecule has 0 spiro atoms. The van der Waals surface area contributed by atoms with Gasteiger partial charge in [0, 0.05) is 6.42 Å². The number of fused-ring (bicyclic) bond motifs is 1. The van der Waals surface area contributed by atoms with Gasteiger partial charge in [0.15, 0.2) is 0 Å². The van der Waals surface area contributed by atoms with E-state index in [2.05, 4.69) is 6.92 Å². The standard InChI is InChI=1S/C16H24O4/c1-10-12(7-8-13-15(10)19-13)9-14(17)20-16(18)11-5-3-2-4-6-11/h10-13,15H,2-9H2,1H3. The van der Waals surface area contributed by atoms with Crippen molar-refractivity contribution in [3.63, 3.8) is 0 Å². The predicted octanol–water partition coefficient (Wildman–Crippen LogP) is 2.84. The van der Waals surface area contributed by atoms with E-state index in [0.29, 0.717) is 30.5 Å². The Hall–Kier alpha value is -0.900. The van der Waals surface area contributed by atoms with Crippen LogP contribution in [0.15, 0.2) is 0 Å². The second kappa shape index (κ2) is 5.84. The molecule has 0 N–H and O–H groups in total. The molecule has 20 heavy (non-hydrogen) atoms. The Balaban J connectivity index is 1.45. The number of hydrogen-bond donors (Lipinski definition) is 0. The molecule has 0 aromatic carbocycles. The quantitative estimate of drug-likeness (QED) is 0.453. The molecule has 2 saturated carbocycles. The van der Waals surface area contributed by atoms with Gasteiger partial charge < -0.3 is 9.47 Å².